The zero-order valence-corrected chi connectivity index (χ0v) is 15.6. The number of thioether (sulfide) groups is 1. The molecule has 2 heterocycles. The molecule has 26 heavy (non-hydrogen) atoms. The second-order valence-corrected chi connectivity index (χ2v) is 7.23. The van der Waals surface area contributed by atoms with Crippen molar-refractivity contribution in [3.8, 4) is 0 Å². The van der Waals surface area contributed by atoms with Gasteiger partial charge in [-0.15, -0.1) is 23.1 Å². The molecule has 0 saturated heterocycles. The van der Waals surface area contributed by atoms with E-state index in [1.54, 1.807) is 31.2 Å². The van der Waals surface area contributed by atoms with Gasteiger partial charge in [-0.3, -0.25) is 4.79 Å². The summed E-state index contributed by atoms with van der Waals surface area (Å²) in [6.07, 6.45) is 0. The summed E-state index contributed by atoms with van der Waals surface area (Å²) in [5.41, 5.74) is 0.529. The molecule has 7 nitrogen and oxygen atoms in total. The minimum Gasteiger partial charge on any atom is -0.465 e. The molecular weight excluding hydrogens is 374 g/mol. The zero-order valence-electron chi connectivity index (χ0n) is 14.0. The molecule has 0 unspecified atom stereocenters. The van der Waals surface area contributed by atoms with Crippen molar-refractivity contribution >= 4 is 40.0 Å². The molecule has 1 N–H and O–H groups in total. The van der Waals surface area contributed by atoms with Crippen LogP contribution >= 0.6 is 23.1 Å². The van der Waals surface area contributed by atoms with Crippen LogP contribution in [0.4, 0.5) is 5.00 Å². The zero-order chi connectivity index (χ0) is 18.5. The van der Waals surface area contributed by atoms with Crippen LogP contribution in [0.1, 0.15) is 31.7 Å². The number of aryl methyl sites for hydroxylation is 1. The molecule has 1 amide bonds. The summed E-state index contributed by atoms with van der Waals surface area (Å²) in [5, 5.41) is 7.13. The average Bonchev–Trinajstić information content (AvgIpc) is 3.28. The molecule has 0 atom stereocenters. The Balaban J connectivity index is 1.71. The van der Waals surface area contributed by atoms with E-state index in [-0.39, 0.29) is 5.91 Å². The third-order valence-corrected chi connectivity index (χ3v) is 5.32. The molecule has 3 aromatic rings. The minimum atomic E-state index is -0.429. The lowest BCUT2D eigenvalue weighted by molar-refractivity contribution is 0.0606. The summed E-state index contributed by atoms with van der Waals surface area (Å²) in [5.74, 6) is 0.861. The number of anilines is 1. The van der Waals surface area contributed by atoms with Crippen molar-refractivity contribution in [3.05, 3.63) is 58.6 Å². The first-order chi connectivity index (χ1) is 12.6. The average molecular weight is 389 g/mol. The molecule has 1 aromatic carbocycles. The molecule has 0 aliphatic rings. The van der Waals surface area contributed by atoms with Crippen molar-refractivity contribution in [1.29, 1.82) is 0 Å². The van der Waals surface area contributed by atoms with Crippen LogP contribution in [0.25, 0.3) is 0 Å². The van der Waals surface area contributed by atoms with E-state index >= 15 is 0 Å². The van der Waals surface area contributed by atoms with E-state index in [0.717, 1.165) is 16.2 Å². The number of methoxy groups -OCH3 is 1. The maximum atomic E-state index is 12.6. The first-order valence-corrected chi connectivity index (χ1v) is 9.37. The number of nitrogens with zero attached hydrogens (tertiary/aromatic N) is 2. The molecule has 0 aliphatic carbocycles. The van der Waals surface area contributed by atoms with Crippen molar-refractivity contribution in [2.24, 2.45) is 0 Å². The van der Waals surface area contributed by atoms with Crippen LogP contribution in [-0.4, -0.2) is 29.1 Å². The fourth-order valence-corrected chi connectivity index (χ4v) is 3.82. The third kappa shape index (κ3) is 4.30. The topological polar surface area (TPSA) is 94.3 Å². The molecule has 0 bridgehead atoms. The lowest BCUT2D eigenvalue weighted by Gasteiger charge is -2.08. The second kappa shape index (κ2) is 8.15. The number of benzene rings is 1. The van der Waals surface area contributed by atoms with Gasteiger partial charge in [0.05, 0.1) is 23.4 Å². The first-order valence-electron chi connectivity index (χ1n) is 7.57. The highest BCUT2D eigenvalue weighted by Gasteiger charge is 2.15. The fourth-order valence-electron chi connectivity index (χ4n) is 2.11. The van der Waals surface area contributed by atoms with Gasteiger partial charge >= 0.3 is 5.97 Å². The van der Waals surface area contributed by atoms with Gasteiger partial charge in [0.15, 0.2) is 5.82 Å². The quantitative estimate of drug-likeness (QED) is 0.506. The van der Waals surface area contributed by atoms with Crippen molar-refractivity contribution in [2.75, 3.05) is 12.4 Å². The van der Waals surface area contributed by atoms with Gasteiger partial charge in [-0.25, -0.2) is 4.79 Å². The highest BCUT2D eigenvalue weighted by atomic mass is 32.2. The second-order valence-electron chi connectivity index (χ2n) is 5.13. The highest BCUT2D eigenvalue weighted by Crippen LogP contribution is 2.28. The van der Waals surface area contributed by atoms with Crippen LogP contribution in [0, 0.1) is 6.92 Å². The molecule has 0 saturated carbocycles. The highest BCUT2D eigenvalue weighted by molar-refractivity contribution is 7.98. The van der Waals surface area contributed by atoms with Crippen molar-refractivity contribution < 1.29 is 18.8 Å². The summed E-state index contributed by atoms with van der Waals surface area (Å²) in [6.45, 7) is 1.75. The standard InChI is InChI=1S/C17H15N3O4S2/c1-10-18-14(24-20-10)9-25-12-6-4-3-5-11(12)16(21)19-15-8-7-13(26-15)17(22)23-2/h3-8H,9H2,1-2H3,(H,19,21). The number of rotatable bonds is 6. The number of carbonyl (C=O) groups excluding carboxylic acids is 2. The number of aromatic nitrogens is 2. The molecule has 2 aromatic heterocycles. The van der Waals surface area contributed by atoms with Crippen LogP contribution in [0.5, 0.6) is 0 Å². The Bertz CT molecular complexity index is 935. The lowest BCUT2D eigenvalue weighted by Crippen LogP contribution is -2.12. The normalized spacial score (nSPS) is 10.5. The summed E-state index contributed by atoms with van der Waals surface area (Å²) < 4.78 is 9.76. The van der Waals surface area contributed by atoms with E-state index in [2.05, 4.69) is 20.2 Å². The number of hydrogen-bond acceptors (Lipinski definition) is 8. The molecule has 3 rings (SSSR count). The molecular formula is C17H15N3O4S2. The Labute approximate surface area is 157 Å². The Kier molecular flexibility index (Phi) is 5.69. The number of hydrogen-bond donors (Lipinski definition) is 1. The van der Waals surface area contributed by atoms with Crippen LogP contribution in [0.3, 0.4) is 0 Å². The summed E-state index contributed by atoms with van der Waals surface area (Å²) >= 11 is 2.60. The molecule has 0 radical (unpaired) electrons. The van der Waals surface area contributed by atoms with Crippen LogP contribution in [-0.2, 0) is 10.5 Å². The number of thiophene rings is 1. The van der Waals surface area contributed by atoms with Gasteiger partial charge in [0, 0.05) is 4.90 Å². The van der Waals surface area contributed by atoms with Gasteiger partial charge in [-0.05, 0) is 31.2 Å². The van der Waals surface area contributed by atoms with E-state index in [4.69, 9.17) is 4.52 Å². The Morgan fingerprint density at radius 1 is 1.27 bits per heavy atom. The van der Waals surface area contributed by atoms with Gasteiger partial charge in [-0.1, -0.05) is 17.3 Å². The predicted octanol–water partition coefficient (Wildman–Crippen LogP) is 3.77. The lowest BCUT2D eigenvalue weighted by atomic mass is 10.2. The number of amides is 1. The van der Waals surface area contributed by atoms with Gasteiger partial charge in [0.25, 0.3) is 5.91 Å². The van der Waals surface area contributed by atoms with Crippen LogP contribution in [0.15, 0.2) is 45.8 Å². The molecule has 134 valence electrons. The number of ether oxygens (including phenoxy) is 1. The van der Waals surface area contributed by atoms with E-state index in [0.29, 0.717) is 32.9 Å². The van der Waals surface area contributed by atoms with E-state index in [1.807, 2.05) is 12.1 Å². The maximum absolute atomic E-state index is 12.6. The van der Waals surface area contributed by atoms with Crippen LogP contribution < -0.4 is 5.32 Å². The molecule has 0 aliphatic heterocycles. The predicted molar refractivity (Wildman–Crippen MR) is 98.6 cm³/mol. The fraction of sp³-hybridized carbons (Fsp3) is 0.176. The van der Waals surface area contributed by atoms with Crippen molar-refractivity contribution in [1.82, 2.24) is 10.1 Å². The van der Waals surface area contributed by atoms with E-state index < -0.39 is 5.97 Å². The van der Waals surface area contributed by atoms with Gasteiger partial charge in [0.1, 0.15) is 4.88 Å². The molecule has 9 heteroatoms. The van der Waals surface area contributed by atoms with E-state index in [9.17, 15) is 9.59 Å². The Morgan fingerprint density at radius 3 is 2.81 bits per heavy atom. The van der Waals surface area contributed by atoms with Gasteiger partial charge in [-0.2, -0.15) is 4.98 Å². The molecule has 0 fully saturated rings. The maximum Gasteiger partial charge on any atom is 0.348 e. The SMILES string of the molecule is COC(=O)c1ccc(NC(=O)c2ccccc2SCc2nc(C)no2)s1. The van der Waals surface area contributed by atoms with E-state index in [1.165, 1.54) is 18.9 Å². The number of carbonyl (C=O) groups is 2. The Hall–Kier alpha value is -2.65. The van der Waals surface area contributed by atoms with Crippen molar-refractivity contribution in [3.63, 3.8) is 0 Å². The first kappa shape index (κ1) is 18.2. The number of nitrogens with one attached hydrogen (secondary N) is 1. The Morgan fingerprint density at radius 2 is 2.08 bits per heavy atom. The van der Waals surface area contributed by atoms with Gasteiger partial charge < -0.3 is 14.6 Å². The summed E-state index contributed by atoms with van der Waals surface area (Å²) in [7, 11) is 1.32. The van der Waals surface area contributed by atoms with Crippen LogP contribution in [0.2, 0.25) is 0 Å². The van der Waals surface area contributed by atoms with Crippen molar-refractivity contribution in [2.45, 2.75) is 17.6 Å². The third-order valence-electron chi connectivity index (χ3n) is 3.28. The van der Waals surface area contributed by atoms with Gasteiger partial charge in [0.2, 0.25) is 5.89 Å². The minimum absolute atomic E-state index is 0.256. The monoisotopic (exact) mass is 389 g/mol. The summed E-state index contributed by atoms with van der Waals surface area (Å²) in [4.78, 5) is 29.5. The molecule has 0 spiro atoms. The smallest absolute Gasteiger partial charge is 0.348 e. The number of esters is 1. The largest absolute Gasteiger partial charge is 0.465 e. The summed E-state index contributed by atoms with van der Waals surface area (Å²) in [6, 6.07) is 10.5.